The third-order valence-corrected chi connectivity index (χ3v) is 31.4. The molecule has 3 aromatic rings. The fourth-order valence-electron chi connectivity index (χ4n) is 1.86. The molecule has 0 aliphatic rings. The van der Waals surface area contributed by atoms with Crippen LogP contribution in [0.3, 0.4) is 0 Å². The number of aryl methyl sites for hydroxylation is 1. The monoisotopic (exact) mass is 708 g/mol. The van der Waals surface area contributed by atoms with Gasteiger partial charge in [-0.2, -0.15) is 0 Å². The van der Waals surface area contributed by atoms with Crippen molar-refractivity contribution in [2.24, 2.45) is 0 Å². The van der Waals surface area contributed by atoms with Gasteiger partial charge in [0.2, 0.25) is 0 Å². The Balaban J connectivity index is 1.59. The van der Waals surface area contributed by atoms with Gasteiger partial charge in [-0.3, -0.25) is 0 Å². The van der Waals surface area contributed by atoms with Gasteiger partial charge >= 0.3 is 188 Å². The molecule has 0 radical (unpaired) electrons. The molecule has 0 spiro atoms. The van der Waals surface area contributed by atoms with Crippen LogP contribution in [0.5, 0.6) is 17.2 Å². The second kappa shape index (κ2) is 11.5. The number of rotatable bonds is 9. The van der Waals surface area contributed by atoms with Gasteiger partial charge in [0.15, 0.2) is 0 Å². The van der Waals surface area contributed by atoms with Crippen LogP contribution in [0.1, 0.15) is 5.56 Å². The molecule has 0 heterocycles. The van der Waals surface area contributed by atoms with E-state index in [2.05, 4.69) is 19.1 Å². The van der Waals surface area contributed by atoms with Crippen LogP contribution in [0.15, 0.2) is 84.9 Å². The van der Waals surface area contributed by atoms with Gasteiger partial charge in [-0.05, 0) is 0 Å². The predicted molar refractivity (Wildman–Crippen MR) is 139 cm³/mol. The average Bonchev–Trinajstić information content (AvgIpc) is 2.70. The molecule has 0 fully saturated rings. The molecular weight excluding hydrogens is 688 g/mol. The van der Waals surface area contributed by atoms with E-state index in [4.69, 9.17) is 9.20 Å². The Morgan fingerprint density at radius 3 is 1.58 bits per heavy atom. The maximum absolute atomic E-state index is 6.24. The van der Waals surface area contributed by atoms with E-state index >= 15 is 0 Å². The van der Waals surface area contributed by atoms with Crippen LogP contribution in [0, 0.1) is 6.92 Å². The molecule has 0 bridgehead atoms. The van der Waals surface area contributed by atoms with Crippen molar-refractivity contribution in [1.29, 1.82) is 0 Å². The van der Waals surface area contributed by atoms with Crippen LogP contribution in [-0.2, 0) is 0 Å². The Morgan fingerprint density at radius 2 is 1.04 bits per heavy atom. The van der Waals surface area contributed by atoms with Crippen molar-refractivity contribution in [3.63, 3.8) is 0 Å². The molecule has 0 saturated carbocycles. The summed E-state index contributed by atoms with van der Waals surface area (Å²) >= 11 is -1.80. The molecule has 26 heavy (non-hydrogen) atoms. The number of para-hydroxylation sites is 3. The van der Waals surface area contributed by atoms with Crippen LogP contribution in [0.25, 0.3) is 0 Å². The van der Waals surface area contributed by atoms with Gasteiger partial charge in [0.25, 0.3) is 0 Å². The minimum atomic E-state index is -0.606. The Morgan fingerprint density at radius 1 is 0.577 bits per heavy atom. The first kappa shape index (κ1) is 20.4. The van der Waals surface area contributed by atoms with Gasteiger partial charge in [0.1, 0.15) is 0 Å². The van der Waals surface area contributed by atoms with Crippen molar-refractivity contribution in [3.05, 3.63) is 90.5 Å². The number of hydrogen-bond donors (Lipinski definition) is 0. The van der Waals surface area contributed by atoms with E-state index in [1.807, 2.05) is 72.8 Å². The van der Waals surface area contributed by atoms with Gasteiger partial charge in [-0.15, -0.1) is 0 Å². The molecular formula is C19H20I3O3P. The van der Waals surface area contributed by atoms with Crippen molar-refractivity contribution >= 4 is 64.1 Å². The molecule has 0 atom stereocenters. The zero-order chi connectivity index (χ0) is 18.0. The van der Waals surface area contributed by atoms with Crippen molar-refractivity contribution in [2.45, 2.75) is 6.92 Å². The zero-order valence-corrected chi connectivity index (χ0v) is 21.9. The van der Waals surface area contributed by atoms with Gasteiger partial charge in [-0.25, -0.2) is 0 Å². The van der Waals surface area contributed by atoms with E-state index in [0.29, 0.717) is 0 Å². The van der Waals surface area contributed by atoms with Crippen molar-refractivity contribution in [2.75, 3.05) is 0 Å². The average molecular weight is 708 g/mol. The normalized spacial score (nSPS) is 11.0. The van der Waals surface area contributed by atoms with Gasteiger partial charge < -0.3 is 0 Å². The third-order valence-electron chi connectivity index (χ3n) is 3.16. The first-order valence-electron chi connectivity index (χ1n) is 7.81. The summed E-state index contributed by atoms with van der Waals surface area (Å²) in [5.74, 6) is 2.96. The fourth-order valence-corrected chi connectivity index (χ4v) is 22.7. The molecule has 3 rings (SSSR count). The quantitative estimate of drug-likeness (QED) is 0.169. The summed E-state index contributed by atoms with van der Waals surface area (Å²) in [6.07, 6.45) is 0. The van der Waals surface area contributed by atoms with E-state index in [1.165, 1.54) is 5.56 Å². The Bertz CT molecular complexity index is 747. The van der Waals surface area contributed by atoms with Crippen molar-refractivity contribution < 1.29 is 9.20 Å². The van der Waals surface area contributed by atoms with E-state index in [1.54, 1.807) is 0 Å². The van der Waals surface area contributed by atoms with E-state index in [0.717, 1.165) is 17.2 Å². The Kier molecular flexibility index (Phi) is 9.04. The molecule has 0 amide bonds. The van der Waals surface area contributed by atoms with Crippen LogP contribution in [0.4, 0.5) is 0 Å². The van der Waals surface area contributed by atoms with E-state index in [-0.39, 0.29) is 0.849 Å². The summed E-state index contributed by atoms with van der Waals surface area (Å²) in [6.45, 7) is 2.10. The molecule has 0 aromatic heterocycles. The zero-order valence-electron chi connectivity index (χ0n) is 14.0. The van der Waals surface area contributed by atoms with Crippen LogP contribution in [-0.4, -0.2) is 0 Å². The van der Waals surface area contributed by atoms with Crippen LogP contribution < -0.4 is 9.20 Å². The topological polar surface area (TPSA) is 27.7 Å². The first-order valence-corrected chi connectivity index (χ1v) is 21.1. The summed E-state index contributed by atoms with van der Waals surface area (Å²) in [7, 11) is 0. The van der Waals surface area contributed by atoms with E-state index < -0.39 is 63.2 Å². The van der Waals surface area contributed by atoms with E-state index in [9.17, 15) is 0 Å². The van der Waals surface area contributed by atoms with Crippen LogP contribution in [0.2, 0.25) is 0 Å². The number of halogens is 3. The summed E-state index contributed by atoms with van der Waals surface area (Å²) in [5, 5.41) is 0. The predicted octanol–water partition coefficient (Wildman–Crippen LogP) is 7.61. The maximum atomic E-state index is 6.24. The summed E-state index contributed by atoms with van der Waals surface area (Å²) in [4.78, 5) is 0. The fraction of sp³-hybridized carbons (Fsp3) is 0.0526. The number of hydrogen-bond acceptors (Lipinski definition) is 3. The van der Waals surface area contributed by atoms with Gasteiger partial charge in [0.05, 0.1) is 0 Å². The molecule has 0 saturated heterocycles. The van der Waals surface area contributed by atoms with Crippen molar-refractivity contribution in [3.8, 4) is 17.2 Å². The second-order valence-electron chi connectivity index (χ2n) is 5.09. The number of benzene rings is 3. The molecule has 0 aliphatic carbocycles. The summed E-state index contributed by atoms with van der Waals surface area (Å²) in [5.41, 5.74) is 1.20. The SMILES string of the molecule is Cc1ccccc1O[IH]P([IH]Oc1ccccc1)[IH]Oc1ccccc1. The molecule has 0 unspecified atom stereocenters. The first-order chi connectivity index (χ1) is 12.8. The van der Waals surface area contributed by atoms with Crippen LogP contribution >= 0.6 is 64.1 Å². The minimum absolute atomic E-state index is 0.221. The molecule has 3 aromatic carbocycles. The third kappa shape index (κ3) is 7.01. The molecule has 7 heteroatoms. The second-order valence-corrected chi connectivity index (χ2v) is 40.8. The van der Waals surface area contributed by atoms with Gasteiger partial charge in [-0.1, -0.05) is 0 Å². The summed E-state index contributed by atoms with van der Waals surface area (Å²) in [6, 6.07) is 28.4. The van der Waals surface area contributed by atoms with Gasteiger partial charge in [0, 0.05) is 0 Å². The Hall–Kier alpha value is -0.320. The van der Waals surface area contributed by atoms with Crippen molar-refractivity contribution in [1.82, 2.24) is 0 Å². The standard InChI is InChI=1S/C19H20I3O3P/c1-16-10-8-9-15-19(16)25-22-26(20-23-17-11-4-2-5-12-17)21-24-18-13-6-3-7-14-18/h2-15,20-22H,1H3. The molecule has 140 valence electrons. The summed E-state index contributed by atoms with van der Waals surface area (Å²) < 4.78 is 18.3. The Labute approximate surface area is 186 Å². The molecule has 0 aliphatic heterocycles. The molecule has 3 nitrogen and oxygen atoms in total. The molecule has 0 N–H and O–H groups in total.